The SMILES string of the molecule is CC(C)(C)n1cc(NC(=O)C2CC(c3ccccc3[N+](=O)[O-])=NO2)cn1.O=C(O)C(F)(F)F. The summed E-state index contributed by atoms with van der Waals surface area (Å²) in [7, 11) is 0. The van der Waals surface area contributed by atoms with E-state index in [-0.39, 0.29) is 23.6 Å². The van der Waals surface area contributed by atoms with Crippen LogP contribution in [0.4, 0.5) is 24.5 Å². The summed E-state index contributed by atoms with van der Waals surface area (Å²) < 4.78 is 33.5. The van der Waals surface area contributed by atoms with Gasteiger partial charge in [-0.3, -0.25) is 19.6 Å². The average molecular weight is 471 g/mol. The van der Waals surface area contributed by atoms with E-state index < -0.39 is 23.2 Å². The van der Waals surface area contributed by atoms with Crippen molar-refractivity contribution in [3.63, 3.8) is 0 Å². The number of nitro benzene ring substituents is 1. The number of carboxylic acids is 1. The second kappa shape index (κ2) is 9.67. The standard InChI is InChI=1S/C17H19N5O4.C2HF3O2/c1-17(2,3)21-10-11(9-18-21)19-16(23)15-8-13(20-26-15)12-6-4-5-7-14(12)22(24)25;3-2(4,5)1(6)7/h4-7,9-10,15H,8H2,1-3H3,(H,19,23);(H,6,7). The molecule has 1 amide bonds. The Kier molecular flexibility index (Phi) is 7.41. The third kappa shape index (κ3) is 6.75. The second-order valence-corrected chi connectivity index (χ2v) is 7.75. The maximum atomic E-state index is 12.4. The van der Waals surface area contributed by atoms with Gasteiger partial charge in [0.25, 0.3) is 11.6 Å². The Hall–Kier alpha value is -3.97. The molecular weight excluding hydrogens is 451 g/mol. The monoisotopic (exact) mass is 471 g/mol. The summed E-state index contributed by atoms with van der Waals surface area (Å²) in [4.78, 5) is 37.1. The molecule has 1 aromatic heterocycles. The number of aliphatic carboxylic acids is 1. The van der Waals surface area contributed by atoms with E-state index in [1.165, 1.54) is 6.07 Å². The summed E-state index contributed by atoms with van der Waals surface area (Å²) >= 11 is 0. The predicted molar refractivity (Wildman–Crippen MR) is 109 cm³/mol. The minimum absolute atomic E-state index is 0.0673. The van der Waals surface area contributed by atoms with Crippen LogP contribution in [0.25, 0.3) is 0 Å². The molecule has 3 rings (SSSR count). The summed E-state index contributed by atoms with van der Waals surface area (Å²) in [6.45, 7) is 6.00. The van der Waals surface area contributed by atoms with Gasteiger partial charge in [0.1, 0.15) is 0 Å². The number of nitrogens with one attached hydrogen (secondary N) is 1. The maximum absolute atomic E-state index is 12.4. The van der Waals surface area contributed by atoms with Crippen LogP contribution < -0.4 is 5.32 Å². The van der Waals surface area contributed by atoms with Crippen LogP contribution in [0.15, 0.2) is 41.8 Å². The van der Waals surface area contributed by atoms with E-state index in [0.717, 1.165) is 0 Å². The Balaban J connectivity index is 0.000000479. The van der Waals surface area contributed by atoms with E-state index in [4.69, 9.17) is 14.7 Å². The first-order valence-corrected chi connectivity index (χ1v) is 9.32. The van der Waals surface area contributed by atoms with Crippen molar-refractivity contribution in [2.45, 2.75) is 45.0 Å². The number of amides is 1. The first-order chi connectivity index (χ1) is 15.2. The molecule has 1 aliphatic rings. The van der Waals surface area contributed by atoms with Crippen LogP contribution in [0, 0.1) is 10.1 Å². The maximum Gasteiger partial charge on any atom is 0.490 e. The van der Waals surface area contributed by atoms with Gasteiger partial charge in [0.2, 0.25) is 6.10 Å². The summed E-state index contributed by atoms with van der Waals surface area (Å²) in [5.74, 6) is -3.14. The van der Waals surface area contributed by atoms with Gasteiger partial charge in [-0.15, -0.1) is 0 Å². The molecule has 2 heterocycles. The number of hydrogen-bond donors (Lipinski definition) is 2. The molecule has 0 aliphatic carbocycles. The van der Waals surface area contributed by atoms with E-state index in [2.05, 4.69) is 15.6 Å². The highest BCUT2D eigenvalue weighted by atomic mass is 19.4. The number of nitrogens with zero attached hydrogens (tertiary/aromatic N) is 4. The smallest absolute Gasteiger partial charge is 0.475 e. The van der Waals surface area contributed by atoms with Crippen LogP contribution >= 0.6 is 0 Å². The fourth-order valence-corrected chi connectivity index (χ4v) is 2.53. The average Bonchev–Trinajstić information content (AvgIpc) is 3.37. The Morgan fingerprint density at radius 2 is 1.88 bits per heavy atom. The molecule has 14 heteroatoms. The van der Waals surface area contributed by atoms with Crippen LogP contribution in [0.5, 0.6) is 0 Å². The van der Waals surface area contributed by atoms with Crippen LogP contribution in [-0.4, -0.2) is 49.7 Å². The third-order valence-corrected chi connectivity index (χ3v) is 4.15. The highest BCUT2D eigenvalue weighted by Crippen LogP contribution is 2.25. The Morgan fingerprint density at radius 1 is 1.27 bits per heavy atom. The molecule has 2 N–H and O–H groups in total. The van der Waals surface area contributed by atoms with Crippen molar-refractivity contribution >= 4 is 29.0 Å². The van der Waals surface area contributed by atoms with Crippen molar-refractivity contribution in [2.75, 3.05) is 5.32 Å². The van der Waals surface area contributed by atoms with Crippen LogP contribution in [0.3, 0.4) is 0 Å². The Morgan fingerprint density at radius 3 is 2.39 bits per heavy atom. The van der Waals surface area contributed by atoms with Crippen molar-refractivity contribution in [1.82, 2.24) is 9.78 Å². The molecule has 33 heavy (non-hydrogen) atoms. The van der Waals surface area contributed by atoms with E-state index in [9.17, 15) is 28.1 Å². The number of hydrogen-bond acceptors (Lipinski definition) is 7. The number of halogens is 3. The van der Waals surface area contributed by atoms with Crippen molar-refractivity contribution in [3.05, 3.63) is 52.3 Å². The predicted octanol–water partition coefficient (Wildman–Crippen LogP) is 3.31. The van der Waals surface area contributed by atoms with E-state index in [1.807, 2.05) is 20.8 Å². The Labute approximate surface area is 185 Å². The zero-order valence-electron chi connectivity index (χ0n) is 17.7. The molecule has 0 saturated carbocycles. The number of carboxylic acid groups (broad SMARTS) is 1. The molecule has 0 fully saturated rings. The lowest BCUT2D eigenvalue weighted by Gasteiger charge is -2.18. The number of oxime groups is 1. The Bertz CT molecular complexity index is 1070. The highest BCUT2D eigenvalue weighted by molar-refractivity contribution is 6.08. The van der Waals surface area contributed by atoms with Gasteiger partial charge in [-0.25, -0.2) is 4.79 Å². The molecule has 1 aromatic carbocycles. The molecule has 1 atom stereocenters. The number of rotatable bonds is 4. The fourth-order valence-electron chi connectivity index (χ4n) is 2.53. The number of nitro groups is 1. The lowest BCUT2D eigenvalue weighted by atomic mass is 10.0. The van der Waals surface area contributed by atoms with E-state index in [0.29, 0.717) is 17.0 Å². The number of anilines is 1. The number of para-hydroxylation sites is 1. The minimum atomic E-state index is -5.08. The van der Waals surface area contributed by atoms with Gasteiger partial charge >= 0.3 is 12.1 Å². The molecule has 2 aromatic rings. The van der Waals surface area contributed by atoms with E-state index in [1.54, 1.807) is 35.3 Å². The zero-order chi connectivity index (χ0) is 25.0. The molecule has 0 saturated heterocycles. The number of aromatic nitrogens is 2. The zero-order valence-corrected chi connectivity index (χ0v) is 17.7. The van der Waals surface area contributed by atoms with Gasteiger partial charge in [-0.1, -0.05) is 17.3 Å². The quantitative estimate of drug-likeness (QED) is 0.513. The first-order valence-electron chi connectivity index (χ1n) is 9.32. The normalized spacial score (nSPS) is 15.6. The van der Waals surface area contributed by atoms with Crippen molar-refractivity contribution in [2.24, 2.45) is 5.16 Å². The van der Waals surface area contributed by atoms with E-state index >= 15 is 0 Å². The number of alkyl halides is 3. The molecule has 0 bridgehead atoms. The largest absolute Gasteiger partial charge is 0.490 e. The summed E-state index contributed by atoms with van der Waals surface area (Å²) in [5.41, 5.74) is 1.02. The lowest BCUT2D eigenvalue weighted by Crippen LogP contribution is -2.28. The molecule has 11 nitrogen and oxygen atoms in total. The van der Waals surface area contributed by atoms with Crippen molar-refractivity contribution in [3.8, 4) is 0 Å². The number of benzene rings is 1. The van der Waals surface area contributed by atoms with Gasteiger partial charge in [0.05, 0.1) is 33.6 Å². The second-order valence-electron chi connectivity index (χ2n) is 7.75. The number of carbonyl (C=O) groups is 2. The van der Waals surface area contributed by atoms with Crippen LogP contribution in [0.2, 0.25) is 0 Å². The third-order valence-electron chi connectivity index (χ3n) is 4.15. The van der Waals surface area contributed by atoms with Gasteiger partial charge in [-0.2, -0.15) is 18.3 Å². The molecule has 1 unspecified atom stereocenters. The molecular formula is C19H20F3N5O6. The van der Waals surface area contributed by atoms with Gasteiger partial charge in [0.15, 0.2) is 0 Å². The van der Waals surface area contributed by atoms with Crippen LogP contribution in [0.1, 0.15) is 32.8 Å². The van der Waals surface area contributed by atoms with Gasteiger partial charge in [0, 0.05) is 18.7 Å². The highest BCUT2D eigenvalue weighted by Gasteiger charge is 2.38. The van der Waals surface area contributed by atoms with Gasteiger partial charge < -0.3 is 15.3 Å². The lowest BCUT2D eigenvalue weighted by molar-refractivity contribution is -0.385. The number of carbonyl (C=O) groups excluding carboxylic acids is 1. The van der Waals surface area contributed by atoms with Crippen molar-refractivity contribution < 1.29 is 37.6 Å². The fraction of sp³-hybridized carbons (Fsp3) is 0.368. The first kappa shape index (κ1) is 25.3. The summed E-state index contributed by atoms with van der Waals surface area (Å²) in [6.07, 6.45) is -2.48. The molecule has 0 spiro atoms. The van der Waals surface area contributed by atoms with Gasteiger partial charge in [-0.05, 0) is 26.8 Å². The van der Waals surface area contributed by atoms with Crippen molar-refractivity contribution in [1.29, 1.82) is 0 Å². The van der Waals surface area contributed by atoms with Crippen LogP contribution in [-0.2, 0) is 20.0 Å². The topological polar surface area (TPSA) is 149 Å². The minimum Gasteiger partial charge on any atom is -0.475 e. The summed E-state index contributed by atoms with van der Waals surface area (Å²) in [6, 6.07) is 6.24. The molecule has 178 valence electrons. The molecule has 1 aliphatic heterocycles. The molecule has 0 radical (unpaired) electrons. The summed E-state index contributed by atoms with van der Waals surface area (Å²) in [5, 5.41) is 29.1.